The number of anilines is 1. The molecular formula is C11H14ClN3O2. The Balaban J connectivity index is 2.17. The normalized spacial score (nSPS) is 24.4. The molecule has 1 aromatic rings. The van der Waals surface area contributed by atoms with Crippen LogP contribution >= 0.6 is 11.6 Å². The number of aliphatic hydroxyl groups excluding tert-OH is 1. The second kappa shape index (κ2) is 5.42. The lowest BCUT2D eigenvalue weighted by atomic mass is 9.92. The molecule has 1 aliphatic rings. The van der Waals surface area contributed by atoms with Gasteiger partial charge in [-0.15, -0.1) is 0 Å². The molecule has 0 aromatic carbocycles. The van der Waals surface area contributed by atoms with Crippen LogP contribution in [-0.4, -0.2) is 33.5 Å². The molecule has 1 aliphatic carbocycles. The zero-order valence-corrected chi connectivity index (χ0v) is 10.0. The number of aldehydes is 1. The van der Waals surface area contributed by atoms with Gasteiger partial charge in [-0.2, -0.15) is 0 Å². The molecule has 0 radical (unpaired) electrons. The zero-order chi connectivity index (χ0) is 12.3. The van der Waals surface area contributed by atoms with E-state index >= 15 is 0 Å². The average Bonchev–Trinajstić information content (AvgIpc) is 2.32. The number of hydrogen-bond donors (Lipinski definition) is 2. The number of hydrogen-bond acceptors (Lipinski definition) is 5. The first-order chi connectivity index (χ1) is 8.22. The molecule has 0 saturated heterocycles. The maximum Gasteiger partial charge on any atom is 0.156 e. The molecule has 6 heteroatoms. The average molecular weight is 256 g/mol. The van der Waals surface area contributed by atoms with Crippen molar-refractivity contribution in [2.24, 2.45) is 0 Å². The van der Waals surface area contributed by atoms with Crippen molar-refractivity contribution in [3.8, 4) is 0 Å². The van der Waals surface area contributed by atoms with Gasteiger partial charge in [-0.3, -0.25) is 4.79 Å². The number of nitrogens with one attached hydrogen (secondary N) is 1. The van der Waals surface area contributed by atoms with Crippen molar-refractivity contribution >= 4 is 23.7 Å². The predicted octanol–water partition coefficient (Wildman–Crippen LogP) is 1.66. The smallest absolute Gasteiger partial charge is 0.156 e. The molecule has 0 aliphatic heterocycles. The molecule has 0 amide bonds. The van der Waals surface area contributed by atoms with Crippen LogP contribution in [0.3, 0.4) is 0 Å². The fourth-order valence-electron chi connectivity index (χ4n) is 2.05. The molecule has 0 bridgehead atoms. The summed E-state index contributed by atoms with van der Waals surface area (Å²) in [5.41, 5.74) is 0.243. The third-order valence-electron chi connectivity index (χ3n) is 3.00. The molecule has 2 N–H and O–H groups in total. The van der Waals surface area contributed by atoms with Crippen molar-refractivity contribution in [3.63, 3.8) is 0 Å². The van der Waals surface area contributed by atoms with Crippen LogP contribution in [0.15, 0.2) is 6.33 Å². The molecule has 1 fully saturated rings. The highest BCUT2D eigenvalue weighted by atomic mass is 35.5. The summed E-state index contributed by atoms with van der Waals surface area (Å²) in [6.07, 6.45) is 5.24. The summed E-state index contributed by atoms with van der Waals surface area (Å²) >= 11 is 5.80. The summed E-state index contributed by atoms with van der Waals surface area (Å²) in [6.45, 7) is 0. The number of carbonyl (C=O) groups is 1. The lowest BCUT2D eigenvalue weighted by Gasteiger charge is -2.29. The monoisotopic (exact) mass is 255 g/mol. The Morgan fingerprint density at radius 2 is 2.18 bits per heavy atom. The van der Waals surface area contributed by atoms with E-state index in [1.54, 1.807) is 0 Å². The number of halogens is 1. The van der Waals surface area contributed by atoms with Gasteiger partial charge < -0.3 is 10.4 Å². The number of aromatic nitrogens is 2. The van der Waals surface area contributed by atoms with Gasteiger partial charge in [0.05, 0.1) is 17.7 Å². The minimum Gasteiger partial charge on any atom is -0.391 e. The quantitative estimate of drug-likeness (QED) is 0.635. The molecule has 2 rings (SSSR count). The zero-order valence-electron chi connectivity index (χ0n) is 9.27. The number of carbonyl (C=O) groups excluding carboxylic acids is 1. The van der Waals surface area contributed by atoms with Crippen LogP contribution in [0.1, 0.15) is 36.0 Å². The summed E-state index contributed by atoms with van der Waals surface area (Å²) in [5, 5.41) is 13.0. The Bertz CT molecular complexity index is 414. The summed E-state index contributed by atoms with van der Waals surface area (Å²) in [7, 11) is 0. The van der Waals surface area contributed by atoms with E-state index in [9.17, 15) is 9.90 Å². The summed E-state index contributed by atoms with van der Waals surface area (Å²) in [5.74, 6) is 0.394. The van der Waals surface area contributed by atoms with E-state index in [1.165, 1.54) is 6.33 Å². The van der Waals surface area contributed by atoms with Crippen molar-refractivity contribution in [1.82, 2.24) is 9.97 Å². The van der Waals surface area contributed by atoms with E-state index in [0.29, 0.717) is 12.1 Å². The minimum absolute atomic E-state index is 0.0755. The topological polar surface area (TPSA) is 75.1 Å². The lowest BCUT2D eigenvalue weighted by molar-refractivity contribution is 0.111. The van der Waals surface area contributed by atoms with Gasteiger partial charge in [-0.1, -0.05) is 24.4 Å². The minimum atomic E-state index is -0.406. The van der Waals surface area contributed by atoms with Crippen LogP contribution in [0.25, 0.3) is 0 Å². The van der Waals surface area contributed by atoms with E-state index in [4.69, 9.17) is 11.6 Å². The van der Waals surface area contributed by atoms with Gasteiger partial charge in [0.2, 0.25) is 0 Å². The first kappa shape index (κ1) is 12.3. The molecule has 5 nitrogen and oxygen atoms in total. The van der Waals surface area contributed by atoms with Crippen molar-refractivity contribution in [2.75, 3.05) is 5.32 Å². The summed E-state index contributed by atoms with van der Waals surface area (Å²) < 4.78 is 0. The first-order valence-electron chi connectivity index (χ1n) is 5.62. The van der Waals surface area contributed by atoms with E-state index in [2.05, 4.69) is 15.3 Å². The molecule has 0 spiro atoms. The molecule has 17 heavy (non-hydrogen) atoms. The number of nitrogens with zero attached hydrogens (tertiary/aromatic N) is 2. The van der Waals surface area contributed by atoms with Gasteiger partial charge in [-0.05, 0) is 12.8 Å². The Kier molecular flexibility index (Phi) is 3.91. The van der Waals surface area contributed by atoms with Crippen molar-refractivity contribution in [3.05, 3.63) is 17.0 Å². The van der Waals surface area contributed by atoms with Crippen LogP contribution in [0, 0.1) is 0 Å². The standard InChI is InChI=1S/C11H14ClN3O2/c12-10-7(5-16)11(14-6-13-10)15-8-3-1-2-4-9(8)17/h5-6,8-9,17H,1-4H2,(H,13,14,15). The van der Waals surface area contributed by atoms with E-state index < -0.39 is 6.10 Å². The maximum absolute atomic E-state index is 10.9. The van der Waals surface area contributed by atoms with Crippen LogP contribution in [0.2, 0.25) is 5.15 Å². The van der Waals surface area contributed by atoms with Gasteiger partial charge in [0.1, 0.15) is 17.3 Å². The molecule has 2 unspecified atom stereocenters. The SMILES string of the molecule is O=Cc1c(Cl)ncnc1NC1CCCCC1O. The fraction of sp³-hybridized carbons (Fsp3) is 0.545. The van der Waals surface area contributed by atoms with Gasteiger partial charge in [0.25, 0.3) is 0 Å². The molecule has 1 aromatic heterocycles. The van der Waals surface area contributed by atoms with Crippen molar-refractivity contribution in [2.45, 2.75) is 37.8 Å². The highest BCUT2D eigenvalue weighted by Gasteiger charge is 2.24. The van der Waals surface area contributed by atoms with Crippen molar-refractivity contribution in [1.29, 1.82) is 0 Å². The fourth-order valence-corrected chi connectivity index (χ4v) is 2.23. The summed E-state index contributed by atoms with van der Waals surface area (Å²) in [6, 6.07) is -0.0755. The second-order valence-electron chi connectivity index (χ2n) is 4.15. The molecule has 2 atom stereocenters. The second-order valence-corrected chi connectivity index (χ2v) is 4.51. The Labute approximate surface area is 104 Å². The van der Waals surface area contributed by atoms with Crippen LogP contribution < -0.4 is 5.32 Å². The third-order valence-corrected chi connectivity index (χ3v) is 3.31. The Morgan fingerprint density at radius 3 is 2.88 bits per heavy atom. The molecular weight excluding hydrogens is 242 g/mol. The number of aliphatic hydroxyl groups is 1. The Morgan fingerprint density at radius 1 is 1.41 bits per heavy atom. The number of rotatable bonds is 3. The highest BCUT2D eigenvalue weighted by molar-refractivity contribution is 6.32. The molecule has 92 valence electrons. The van der Waals surface area contributed by atoms with Crippen LogP contribution in [0.5, 0.6) is 0 Å². The highest BCUT2D eigenvalue weighted by Crippen LogP contribution is 2.24. The first-order valence-corrected chi connectivity index (χ1v) is 6.00. The summed E-state index contributed by atoms with van der Waals surface area (Å²) in [4.78, 5) is 18.6. The van der Waals surface area contributed by atoms with Crippen LogP contribution in [0.4, 0.5) is 5.82 Å². The van der Waals surface area contributed by atoms with Gasteiger partial charge >= 0.3 is 0 Å². The molecule has 1 heterocycles. The Hall–Kier alpha value is -1.20. The lowest BCUT2D eigenvalue weighted by Crippen LogP contribution is -2.36. The third kappa shape index (κ3) is 2.73. The van der Waals surface area contributed by atoms with Gasteiger partial charge in [-0.25, -0.2) is 9.97 Å². The maximum atomic E-state index is 10.9. The van der Waals surface area contributed by atoms with E-state index in [0.717, 1.165) is 25.7 Å². The molecule has 1 saturated carbocycles. The predicted molar refractivity (Wildman–Crippen MR) is 64.3 cm³/mol. The van der Waals surface area contributed by atoms with Gasteiger partial charge in [0, 0.05) is 0 Å². The van der Waals surface area contributed by atoms with Crippen LogP contribution in [-0.2, 0) is 0 Å². The largest absolute Gasteiger partial charge is 0.391 e. The van der Waals surface area contributed by atoms with E-state index in [1.807, 2.05) is 0 Å². The van der Waals surface area contributed by atoms with Crippen molar-refractivity contribution < 1.29 is 9.90 Å². The van der Waals surface area contributed by atoms with Gasteiger partial charge in [0.15, 0.2) is 6.29 Å². The van der Waals surface area contributed by atoms with E-state index in [-0.39, 0.29) is 16.8 Å².